The maximum atomic E-state index is 12.2. The van der Waals surface area contributed by atoms with Crippen LogP contribution in [0.15, 0.2) is 42.7 Å². The van der Waals surface area contributed by atoms with Gasteiger partial charge in [-0.25, -0.2) is 9.48 Å². The molecule has 0 radical (unpaired) electrons. The molecule has 5 nitrogen and oxygen atoms in total. The van der Waals surface area contributed by atoms with Crippen molar-refractivity contribution >= 4 is 6.03 Å². The van der Waals surface area contributed by atoms with Gasteiger partial charge in [-0.3, -0.25) is 0 Å². The van der Waals surface area contributed by atoms with E-state index in [1.807, 2.05) is 41.2 Å². The lowest BCUT2D eigenvalue weighted by molar-refractivity contribution is 0.233. The summed E-state index contributed by atoms with van der Waals surface area (Å²) in [6.07, 6.45) is 12.2. The van der Waals surface area contributed by atoms with Crippen molar-refractivity contribution in [3.8, 4) is 5.69 Å². The average Bonchev–Trinajstić information content (AvgIpc) is 3.10. The van der Waals surface area contributed by atoms with Gasteiger partial charge >= 0.3 is 6.03 Å². The van der Waals surface area contributed by atoms with E-state index in [2.05, 4.69) is 15.7 Å². The highest BCUT2D eigenvalue weighted by Gasteiger charge is 2.13. The highest BCUT2D eigenvalue weighted by Crippen LogP contribution is 2.17. The Labute approximate surface area is 143 Å². The van der Waals surface area contributed by atoms with Crippen LogP contribution in [0.5, 0.6) is 0 Å². The van der Waals surface area contributed by atoms with E-state index in [-0.39, 0.29) is 6.03 Å². The Morgan fingerprint density at radius 1 is 1.12 bits per heavy atom. The zero-order chi connectivity index (χ0) is 16.6. The van der Waals surface area contributed by atoms with E-state index >= 15 is 0 Å². The smallest absolute Gasteiger partial charge is 0.315 e. The van der Waals surface area contributed by atoms with Crippen molar-refractivity contribution in [1.29, 1.82) is 0 Å². The number of rotatable bonds is 4. The number of carbonyl (C=O) groups excluding carboxylic acids is 1. The number of nitrogens with one attached hydrogen (secondary N) is 2. The van der Waals surface area contributed by atoms with E-state index in [0.717, 1.165) is 24.1 Å². The fourth-order valence-corrected chi connectivity index (χ4v) is 3.25. The van der Waals surface area contributed by atoms with Crippen molar-refractivity contribution in [1.82, 2.24) is 20.4 Å². The maximum Gasteiger partial charge on any atom is 0.315 e. The summed E-state index contributed by atoms with van der Waals surface area (Å²) in [6, 6.07) is 10.2. The normalized spacial score (nSPS) is 16.2. The number of amides is 2. The molecule has 0 spiro atoms. The van der Waals surface area contributed by atoms with Crippen molar-refractivity contribution in [3.05, 3.63) is 48.3 Å². The second kappa shape index (κ2) is 8.52. The van der Waals surface area contributed by atoms with Crippen LogP contribution in [0, 0.1) is 0 Å². The summed E-state index contributed by atoms with van der Waals surface area (Å²) in [5.74, 6) is 0. The van der Waals surface area contributed by atoms with E-state index in [1.165, 1.54) is 32.1 Å². The second-order valence-corrected chi connectivity index (χ2v) is 6.49. The number of hydrogen-bond donors (Lipinski definition) is 2. The first-order valence-electron chi connectivity index (χ1n) is 8.94. The Balaban J connectivity index is 1.50. The molecule has 0 saturated heterocycles. The Morgan fingerprint density at radius 3 is 2.67 bits per heavy atom. The van der Waals surface area contributed by atoms with Gasteiger partial charge in [-0.1, -0.05) is 44.2 Å². The summed E-state index contributed by atoms with van der Waals surface area (Å²) in [5, 5.41) is 10.3. The molecular weight excluding hydrogens is 300 g/mol. The number of benzene rings is 1. The van der Waals surface area contributed by atoms with E-state index in [1.54, 1.807) is 6.20 Å². The molecule has 0 aliphatic heterocycles. The lowest BCUT2D eigenvalue weighted by Gasteiger charge is -2.21. The molecule has 0 bridgehead atoms. The van der Waals surface area contributed by atoms with Crippen LogP contribution in [-0.4, -0.2) is 21.9 Å². The van der Waals surface area contributed by atoms with Gasteiger partial charge in [0.15, 0.2) is 0 Å². The minimum Gasteiger partial charge on any atom is -0.335 e. The Hall–Kier alpha value is -2.30. The summed E-state index contributed by atoms with van der Waals surface area (Å²) in [5.41, 5.74) is 2.07. The Morgan fingerprint density at radius 2 is 1.92 bits per heavy atom. The molecule has 1 aliphatic carbocycles. The first-order chi connectivity index (χ1) is 11.8. The summed E-state index contributed by atoms with van der Waals surface area (Å²) in [7, 11) is 0. The molecule has 1 aromatic carbocycles. The minimum atomic E-state index is -0.0648. The SMILES string of the molecule is O=C(NCc1cccc(-n2cccn2)c1)NC1CCCCCCC1. The minimum absolute atomic E-state index is 0.0648. The fraction of sp³-hybridized carbons (Fsp3) is 0.474. The molecule has 24 heavy (non-hydrogen) atoms. The van der Waals surface area contributed by atoms with Crippen LogP contribution in [-0.2, 0) is 6.54 Å². The molecule has 128 valence electrons. The third kappa shape index (κ3) is 4.85. The topological polar surface area (TPSA) is 59.0 Å². The van der Waals surface area contributed by atoms with Crippen molar-refractivity contribution in [3.63, 3.8) is 0 Å². The quantitative estimate of drug-likeness (QED) is 0.898. The number of hydrogen-bond acceptors (Lipinski definition) is 2. The molecule has 1 aliphatic rings. The summed E-state index contributed by atoms with van der Waals surface area (Å²) >= 11 is 0. The van der Waals surface area contributed by atoms with Crippen molar-refractivity contribution in [2.45, 2.75) is 57.5 Å². The summed E-state index contributed by atoms with van der Waals surface area (Å²) in [4.78, 5) is 12.2. The molecule has 2 aromatic rings. The zero-order valence-electron chi connectivity index (χ0n) is 14.1. The van der Waals surface area contributed by atoms with E-state index < -0.39 is 0 Å². The Bertz CT molecular complexity index is 631. The van der Waals surface area contributed by atoms with E-state index in [4.69, 9.17) is 0 Å². The van der Waals surface area contributed by atoms with Gasteiger partial charge in [0, 0.05) is 25.0 Å². The predicted molar refractivity (Wildman–Crippen MR) is 95.0 cm³/mol. The first kappa shape index (κ1) is 16.6. The molecule has 2 N–H and O–H groups in total. The monoisotopic (exact) mass is 326 g/mol. The van der Waals surface area contributed by atoms with Crippen LogP contribution in [0.3, 0.4) is 0 Å². The third-order valence-electron chi connectivity index (χ3n) is 4.57. The van der Waals surface area contributed by atoms with Gasteiger partial charge in [0.1, 0.15) is 0 Å². The van der Waals surface area contributed by atoms with Gasteiger partial charge in [0.25, 0.3) is 0 Å². The lowest BCUT2D eigenvalue weighted by Crippen LogP contribution is -2.42. The number of aromatic nitrogens is 2. The van der Waals surface area contributed by atoms with Crippen molar-refractivity contribution < 1.29 is 4.79 Å². The van der Waals surface area contributed by atoms with E-state index in [0.29, 0.717) is 12.6 Å². The van der Waals surface area contributed by atoms with Crippen LogP contribution in [0.4, 0.5) is 4.79 Å². The predicted octanol–water partition coefficient (Wildman–Crippen LogP) is 3.78. The van der Waals surface area contributed by atoms with Crippen LogP contribution >= 0.6 is 0 Å². The first-order valence-corrected chi connectivity index (χ1v) is 8.94. The summed E-state index contributed by atoms with van der Waals surface area (Å²) in [6.45, 7) is 0.521. The van der Waals surface area contributed by atoms with Gasteiger partial charge in [0.2, 0.25) is 0 Å². The fourth-order valence-electron chi connectivity index (χ4n) is 3.25. The molecule has 1 saturated carbocycles. The summed E-state index contributed by atoms with van der Waals surface area (Å²) < 4.78 is 1.82. The number of nitrogens with zero attached hydrogens (tertiary/aromatic N) is 2. The third-order valence-corrected chi connectivity index (χ3v) is 4.57. The van der Waals surface area contributed by atoms with Gasteiger partial charge in [-0.2, -0.15) is 5.10 Å². The molecule has 1 aromatic heterocycles. The van der Waals surface area contributed by atoms with Gasteiger partial charge < -0.3 is 10.6 Å². The molecule has 0 unspecified atom stereocenters. The average molecular weight is 326 g/mol. The lowest BCUT2D eigenvalue weighted by atomic mass is 9.97. The van der Waals surface area contributed by atoms with Crippen LogP contribution < -0.4 is 10.6 Å². The van der Waals surface area contributed by atoms with Gasteiger partial charge in [-0.15, -0.1) is 0 Å². The van der Waals surface area contributed by atoms with Crippen molar-refractivity contribution in [2.24, 2.45) is 0 Å². The molecule has 5 heteroatoms. The molecule has 1 fully saturated rings. The van der Waals surface area contributed by atoms with Gasteiger partial charge in [-0.05, 0) is 36.6 Å². The van der Waals surface area contributed by atoms with Gasteiger partial charge in [0.05, 0.1) is 5.69 Å². The molecule has 2 amide bonds. The van der Waals surface area contributed by atoms with Crippen LogP contribution in [0.2, 0.25) is 0 Å². The molecular formula is C19H26N4O. The Kier molecular flexibility index (Phi) is 5.88. The van der Waals surface area contributed by atoms with Crippen LogP contribution in [0.1, 0.15) is 50.5 Å². The van der Waals surface area contributed by atoms with Crippen molar-refractivity contribution in [2.75, 3.05) is 0 Å². The van der Waals surface area contributed by atoms with Crippen LogP contribution in [0.25, 0.3) is 5.69 Å². The standard InChI is InChI=1S/C19H26N4O/c24-19(22-17-9-4-2-1-3-5-10-17)20-15-16-8-6-11-18(14-16)23-13-7-12-21-23/h6-8,11-14,17H,1-5,9-10,15H2,(H2,20,22,24). The molecule has 1 heterocycles. The maximum absolute atomic E-state index is 12.2. The van der Waals surface area contributed by atoms with E-state index in [9.17, 15) is 4.79 Å². The largest absolute Gasteiger partial charge is 0.335 e. The number of urea groups is 1. The highest BCUT2D eigenvalue weighted by molar-refractivity contribution is 5.74. The highest BCUT2D eigenvalue weighted by atomic mass is 16.2. The zero-order valence-corrected chi connectivity index (χ0v) is 14.1. The number of carbonyl (C=O) groups is 1. The molecule has 0 atom stereocenters. The second-order valence-electron chi connectivity index (χ2n) is 6.49. The molecule has 3 rings (SSSR count).